The normalized spacial score (nSPS) is 10.5. The van der Waals surface area contributed by atoms with Crippen LogP contribution < -0.4 is 4.74 Å². The molecule has 0 aliphatic carbocycles. The van der Waals surface area contributed by atoms with E-state index in [2.05, 4.69) is 6.92 Å². The van der Waals surface area contributed by atoms with Crippen LogP contribution in [0.1, 0.15) is 43.6 Å². The van der Waals surface area contributed by atoms with Gasteiger partial charge >= 0.3 is 0 Å². The molecule has 0 fully saturated rings. The van der Waals surface area contributed by atoms with Gasteiger partial charge in [-0.05, 0) is 44.9 Å². The Morgan fingerprint density at radius 1 is 1.40 bits per heavy atom. The number of Topliss-reactive ketones (excluding diaryl/α,β-unsaturated/α-hetero) is 1. The molecule has 0 aliphatic heterocycles. The standard InChI is InChI=1S/C13H18O2/c1-5-11-6-7-13(15-9(2)3)12(8-11)10(4)14/h6-9H,5H2,1-4H3. The van der Waals surface area contributed by atoms with Gasteiger partial charge in [0, 0.05) is 0 Å². The molecular formula is C13H18O2. The molecule has 0 amide bonds. The van der Waals surface area contributed by atoms with Crippen LogP contribution in [0.15, 0.2) is 18.2 Å². The van der Waals surface area contributed by atoms with Gasteiger partial charge in [0.15, 0.2) is 5.78 Å². The summed E-state index contributed by atoms with van der Waals surface area (Å²) in [7, 11) is 0. The highest BCUT2D eigenvalue weighted by Crippen LogP contribution is 2.22. The summed E-state index contributed by atoms with van der Waals surface area (Å²) in [5, 5.41) is 0. The Bertz CT molecular complexity index is 354. The average Bonchev–Trinajstić information content (AvgIpc) is 2.17. The molecule has 0 atom stereocenters. The van der Waals surface area contributed by atoms with Gasteiger partial charge in [-0.3, -0.25) is 4.79 Å². The first-order chi connectivity index (χ1) is 7.04. The van der Waals surface area contributed by atoms with Crippen LogP contribution >= 0.6 is 0 Å². The van der Waals surface area contributed by atoms with Gasteiger partial charge in [-0.15, -0.1) is 0 Å². The molecule has 2 heteroatoms. The number of carbonyl (C=O) groups excluding carboxylic acids is 1. The summed E-state index contributed by atoms with van der Waals surface area (Å²) in [6.07, 6.45) is 1.03. The Kier molecular flexibility index (Phi) is 3.89. The van der Waals surface area contributed by atoms with Crippen molar-refractivity contribution in [3.63, 3.8) is 0 Å². The fraction of sp³-hybridized carbons (Fsp3) is 0.462. The quantitative estimate of drug-likeness (QED) is 0.707. The maximum absolute atomic E-state index is 11.4. The SMILES string of the molecule is CCc1ccc(OC(C)C)c(C(C)=O)c1. The number of aryl methyl sites for hydroxylation is 1. The fourth-order valence-electron chi connectivity index (χ4n) is 1.43. The molecule has 0 radical (unpaired) electrons. The monoisotopic (exact) mass is 206 g/mol. The van der Waals surface area contributed by atoms with Gasteiger partial charge < -0.3 is 4.74 Å². The van der Waals surface area contributed by atoms with Crippen LogP contribution in [0.2, 0.25) is 0 Å². The summed E-state index contributed by atoms with van der Waals surface area (Å²) in [5.41, 5.74) is 1.85. The van der Waals surface area contributed by atoms with Crippen LogP contribution in [0.3, 0.4) is 0 Å². The predicted octanol–water partition coefficient (Wildman–Crippen LogP) is 3.24. The number of rotatable bonds is 4. The van der Waals surface area contributed by atoms with E-state index in [4.69, 9.17) is 4.74 Å². The maximum atomic E-state index is 11.4. The first-order valence-corrected chi connectivity index (χ1v) is 5.35. The molecular weight excluding hydrogens is 188 g/mol. The first-order valence-electron chi connectivity index (χ1n) is 5.35. The Balaban J connectivity index is 3.09. The molecule has 0 heterocycles. The molecule has 0 N–H and O–H groups in total. The minimum atomic E-state index is 0.0564. The fourth-order valence-corrected chi connectivity index (χ4v) is 1.43. The lowest BCUT2D eigenvalue weighted by Crippen LogP contribution is -2.09. The molecule has 0 saturated heterocycles. The Morgan fingerprint density at radius 2 is 2.07 bits per heavy atom. The number of hydrogen-bond donors (Lipinski definition) is 0. The molecule has 0 aliphatic rings. The van der Waals surface area contributed by atoms with Gasteiger partial charge in [-0.1, -0.05) is 13.0 Å². The molecule has 0 aromatic heterocycles. The van der Waals surface area contributed by atoms with Crippen molar-refractivity contribution in [3.05, 3.63) is 29.3 Å². The number of carbonyl (C=O) groups is 1. The number of benzene rings is 1. The largest absolute Gasteiger partial charge is 0.490 e. The maximum Gasteiger partial charge on any atom is 0.163 e. The Hall–Kier alpha value is -1.31. The molecule has 1 aromatic carbocycles. The third-order valence-corrected chi connectivity index (χ3v) is 2.19. The van der Waals surface area contributed by atoms with E-state index in [1.807, 2.05) is 32.0 Å². The van der Waals surface area contributed by atoms with Crippen molar-refractivity contribution in [3.8, 4) is 5.75 Å². The number of ketones is 1. The number of ether oxygens (including phenoxy) is 1. The molecule has 0 saturated carbocycles. The van der Waals surface area contributed by atoms with E-state index in [1.165, 1.54) is 0 Å². The average molecular weight is 206 g/mol. The van der Waals surface area contributed by atoms with Gasteiger partial charge in [0.2, 0.25) is 0 Å². The zero-order chi connectivity index (χ0) is 11.4. The lowest BCUT2D eigenvalue weighted by Gasteiger charge is -2.13. The van der Waals surface area contributed by atoms with E-state index in [0.717, 1.165) is 12.0 Å². The van der Waals surface area contributed by atoms with Crippen LogP contribution in [0.5, 0.6) is 5.75 Å². The van der Waals surface area contributed by atoms with E-state index in [1.54, 1.807) is 6.92 Å². The topological polar surface area (TPSA) is 26.3 Å². The lowest BCUT2D eigenvalue weighted by atomic mass is 10.1. The van der Waals surface area contributed by atoms with Crippen LogP contribution in [0, 0.1) is 0 Å². The Morgan fingerprint density at radius 3 is 2.53 bits per heavy atom. The van der Waals surface area contributed by atoms with E-state index >= 15 is 0 Å². The van der Waals surface area contributed by atoms with Crippen LogP contribution in [-0.2, 0) is 6.42 Å². The van der Waals surface area contributed by atoms with Crippen LogP contribution in [0.25, 0.3) is 0 Å². The zero-order valence-electron chi connectivity index (χ0n) is 9.83. The number of hydrogen-bond acceptors (Lipinski definition) is 2. The van der Waals surface area contributed by atoms with Gasteiger partial charge in [-0.2, -0.15) is 0 Å². The van der Waals surface area contributed by atoms with E-state index in [-0.39, 0.29) is 11.9 Å². The van der Waals surface area contributed by atoms with Crippen molar-refractivity contribution in [1.29, 1.82) is 0 Å². The second-order valence-corrected chi connectivity index (χ2v) is 3.91. The van der Waals surface area contributed by atoms with Crippen molar-refractivity contribution in [2.24, 2.45) is 0 Å². The summed E-state index contributed by atoms with van der Waals surface area (Å²) in [6, 6.07) is 5.81. The lowest BCUT2D eigenvalue weighted by molar-refractivity contribution is 0.101. The van der Waals surface area contributed by atoms with Crippen LogP contribution in [0.4, 0.5) is 0 Å². The summed E-state index contributed by atoms with van der Waals surface area (Å²) in [4.78, 5) is 11.4. The summed E-state index contributed by atoms with van der Waals surface area (Å²) in [5.74, 6) is 0.746. The van der Waals surface area contributed by atoms with Gasteiger partial charge in [0.05, 0.1) is 11.7 Å². The van der Waals surface area contributed by atoms with Crippen molar-refractivity contribution >= 4 is 5.78 Å². The summed E-state index contributed by atoms with van der Waals surface area (Å²) >= 11 is 0. The highest BCUT2D eigenvalue weighted by atomic mass is 16.5. The van der Waals surface area contributed by atoms with Crippen molar-refractivity contribution in [2.75, 3.05) is 0 Å². The van der Waals surface area contributed by atoms with Gasteiger partial charge in [-0.25, -0.2) is 0 Å². The predicted molar refractivity (Wildman–Crippen MR) is 61.6 cm³/mol. The van der Waals surface area contributed by atoms with Crippen molar-refractivity contribution in [1.82, 2.24) is 0 Å². The molecule has 0 unspecified atom stereocenters. The smallest absolute Gasteiger partial charge is 0.163 e. The molecule has 15 heavy (non-hydrogen) atoms. The summed E-state index contributed by atoms with van der Waals surface area (Å²) < 4.78 is 5.59. The van der Waals surface area contributed by atoms with Crippen molar-refractivity contribution in [2.45, 2.75) is 40.2 Å². The summed E-state index contributed by atoms with van der Waals surface area (Å²) in [6.45, 7) is 7.56. The molecule has 0 bridgehead atoms. The zero-order valence-corrected chi connectivity index (χ0v) is 9.83. The van der Waals surface area contributed by atoms with E-state index in [0.29, 0.717) is 11.3 Å². The first kappa shape index (κ1) is 11.8. The van der Waals surface area contributed by atoms with E-state index in [9.17, 15) is 4.79 Å². The van der Waals surface area contributed by atoms with Crippen LogP contribution in [-0.4, -0.2) is 11.9 Å². The molecule has 0 spiro atoms. The molecule has 2 nitrogen and oxygen atoms in total. The Labute approximate surface area is 91.3 Å². The third kappa shape index (κ3) is 3.08. The van der Waals surface area contributed by atoms with Gasteiger partial charge in [0.25, 0.3) is 0 Å². The second kappa shape index (κ2) is 4.96. The molecule has 1 aromatic rings. The minimum Gasteiger partial charge on any atom is -0.490 e. The highest BCUT2D eigenvalue weighted by molar-refractivity contribution is 5.97. The van der Waals surface area contributed by atoms with E-state index < -0.39 is 0 Å². The second-order valence-electron chi connectivity index (χ2n) is 3.91. The third-order valence-electron chi connectivity index (χ3n) is 2.19. The highest BCUT2D eigenvalue weighted by Gasteiger charge is 2.10. The molecule has 1 rings (SSSR count). The van der Waals surface area contributed by atoms with Crippen molar-refractivity contribution < 1.29 is 9.53 Å². The molecule has 82 valence electrons. The van der Waals surface area contributed by atoms with Gasteiger partial charge in [0.1, 0.15) is 5.75 Å². The minimum absolute atomic E-state index is 0.0564.